The van der Waals surface area contributed by atoms with E-state index in [-0.39, 0.29) is 0 Å². The molecule has 0 heterocycles. The van der Waals surface area contributed by atoms with E-state index in [1.807, 2.05) is 25.1 Å². The number of benzene rings is 1. The maximum absolute atomic E-state index is 11.3. The Morgan fingerprint density at radius 3 is 2.71 bits per heavy atom. The first-order chi connectivity index (χ1) is 8.13. The summed E-state index contributed by atoms with van der Waals surface area (Å²) in [5.41, 5.74) is 1.84. The molecule has 2 N–H and O–H groups in total. The van der Waals surface area contributed by atoms with Crippen LogP contribution >= 0.6 is 0 Å². The molecule has 1 aromatic carbocycles. The fourth-order valence-electron chi connectivity index (χ4n) is 1.81. The predicted octanol–water partition coefficient (Wildman–Crippen LogP) is 1.65. The minimum atomic E-state index is -0.842. The lowest BCUT2D eigenvalue weighted by molar-refractivity contribution is -0.138. The van der Waals surface area contributed by atoms with Crippen molar-refractivity contribution in [2.24, 2.45) is 0 Å². The van der Waals surface area contributed by atoms with Crippen LogP contribution in [0, 0.1) is 0 Å². The minimum absolute atomic E-state index is 0.388. The number of carbonyl (C=O) groups is 1. The highest BCUT2D eigenvalue weighted by molar-refractivity contribution is 5.77. The molecule has 0 aliphatic carbocycles. The van der Waals surface area contributed by atoms with Crippen LogP contribution in [-0.2, 0) is 11.2 Å². The summed E-state index contributed by atoms with van der Waals surface area (Å²) >= 11 is 0. The van der Waals surface area contributed by atoms with Gasteiger partial charge in [0, 0.05) is 12.1 Å². The van der Waals surface area contributed by atoms with E-state index in [9.17, 15) is 9.90 Å². The van der Waals surface area contributed by atoms with Crippen LogP contribution in [-0.4, -0.2) is 31.8 Å². The molecule has 94 valence electrons. The molecule has 0 fully saturated rings. The van der Waals surface area contributed by atoms with Gasteiger partial charge in [0.25, 0.3) is 0 Å². The summed E-state index contributed by atoms with van der Waals surface area (Å²) in [7, 11) is 3.30. The van der Waals surface area contributed by atoms with E-state index in [2.05, 4.69) is 5.32 Å². The van der Waals surface area contributed by atoms with Crippen molar-refractivity contribution in [3.8, 4) is 5.75 Å². The van der Waals surface area contributed by atoms with Gasteiger partial charge in [-0.2, -0.15) is 0 Å². The molecule has 4 heteroatoms. The van der Waals surface area contributed by atoms with Crippen LogP contribution in [0.25, 0.3) is 0 Å². The molecule has 1 atom stereocenters. The van der Waals surface area contributed by atoms with Gasteiger partial charge in [-0.05, 0) is 25.1 Å². The molecule has 1 aromatic rings. The number of aryl methyl sites for hydroxylation is 1. The summed E-state index contributed by atoms with van der Waals surface area (Å²) < 4.78 is 5.23. The smallest absolute Gasteiger partial charge is 0.312 e. The highest BCUT2D eigenvalue weighted by Crippen LogP contribution is 2.28. The van der Waals surface area contributed by atoms with Crippen LogP contribution in [0.2, 0.25) is 0 Å². The van der Waals surface area contributed by atoms with Gasteiger partial charge in [-0.1, -0.05) is 19.1 Å². The van der Waals surface area contributed by atoms with Gasteiger partial charge in [0.2, 0.25) is 0 Å². The van der Waals surface area contributed by atoms with Gasteiger partial charge in [0.15, 0.2) is 0 Å². The lowest BCUT2D eigenvalue weighted by atomic mass is 9.95. The van der Waals surface area contributed by atoms with Crippen molar-refractivity contribution in [3.63, 3.8) is 0 Å². The summed E-state index contributed by atoms with van der Waals surface area (Å²) in [6.45, 7) is 2.43. The number of carboxylic acids is 1. The second-order valence-corrected chi connectivity index (χ2v) is 3.88. The molecule has 0 saturated heterocycles. The molecule has 0 spiro atoms. The molecular formula is C13H19NO3. The zero-order chi connectivity index (χ0) is 12.8. The predicted molar refractivity (Wildman–Crippen MR) is 66.7 cm³/mol. The van der Waals surface area contributed by atoms with E-state index >= 15 is 0 Å². The Bertz CT molecular complexity index is 390. The monoisotopic (exact) mass is 237 g/mol. The summed E-state index contributed by atoms with van der Waals surface area (Å²) in [4.78, 5) is 11.3. The van der Waals surface area contributed by atoms with Gasteiger partial charge < -0.3 is 15.2 Å². The maximum atomic E-state index is 11.3. The number of aliphatic carboxylic acids is 1. The number of carboxylic acid groups (broad SMARTS) is 1. The highest BCUT2D eigenvalue weighted by Gasteiger charge is 2.22. The average molecular weight is 237 g/mol. The normalized spacial score (nSPS) is 12.2. The van der Waals surface area contributed by atoms with Crippen molar-refractivity contribution in [1.82, 2.24) is 5.32 Å². The fourth-order valence-corrected chi connectivity index (χ4v) is 1.81. The zero-order valence-corrected chi connectivity index (χ0v) is 10.5. The van der Waals surface area contributed by atoms with E-state index in [1.54, 1.807) is 14.2 Å². The average Bonchev–Trinajstić information content (AvgIpc) is 2.34. The Morgan fingerprint density at radius 2 is 2.24 bits per heavy atom. The van der Waals surface area contributed by atoms with Crippen molar-refractivity contribution in [2.45, 2.75) is 19.3 Å². The topological polar surface area (TPSA) is 58.6 Å². The quantitative estimate of drug-likeness (QED) is 0.789. The SMILES string of the molecule is CCc1ccc(OC)c(C(CNC)C(=O)O)c1. The van der Waals surface area contributed by atoms with E-state index in [0.717, 1.165) is 17.5 Å². The number of hydrogen-bond donors (Lipinski definition) is 2. The second-order valence-electron chi connectivity index (χ2n) is 3.88. The standard InChI is InChI=1S/C13H19NO3/c1-4-9-5-6-12(17-3)10(7-9)11(8-14-2)13(15)16/h5-7,11,14H,4,8H2,1-3H3,(H,15,16). The lowest BCUT2D eigenvalue weighted by Gasteiger charge is -2.16. The van der Waals surface area contributed by atoms with Crippen molar-refractivity contribution in [1.29, 1.82) is 0 Å². The zero-order valence-electron chi connectivity index (χ0n) is 10.5. The number of nitrogens with one attached hydrogen (secondary N) is 1. The van der Waals surface area contributed by atoms with Crippen LogP contribution in [0.4, 0.5) is 0 Å². The van der Waals surface area contributed by atoms with Crippen LogP contribution in [0.3, 0.4) is 0 Å². The van der Waals surface area contributed by atoms with Crippen LogP contribution in [0.1, 0.15) is 24.0 Å². The number of rotatable bonds is 6. The van der Waals surface area contributed by atoms with Crippen molar-refractivity contribution in [3.05, 3.63) is 29.3 Å². The largest absolute Gasteiger partial charge is 0.496 e. The van der Waals surface area contributed by atoms with Gasteiger partial charge in [0.1, 0.15) is 5.75 Å². The highest BCUT2D eigenvalue weighted by atomic mass is 16.5. The third kappa shape index (κ3) is 3.20. The third-order valence-corrected chi connectivity index (χ3v) is 2.78. The molecule has 4 nitrogen and oxygen atoms in total. The van der Waals surface area contributed by atoms with E-state index in [0.29, 0.717) is 12.3 Å². The van der Waals surface area contributed by atoms with E-state index in [1.165, 1.54) is 0 Å². The molecule has 0 saturated carbocycles. The van der Waals surface area contributed by atoms with E-state index < -0.39 is 11.9 Å². The first-order valence-corrected chi connectivity index (χ1v) is 5.68. The van der Waals surface area contributed by atoms with Crippen molar-refractivity contribution >= 4 is 5.97 Å². The molecule has 0 aromatic heterocycles. The minimum Gasteiger partial charge on any atom is -0.496 e. The molecule has 0 amide bonds. The Hall–Kier alpha value is -1.55. The Balaban J connectivity index is 3.18. The molecule has 0 bridgehead atoms. The molecule has 0 aliphatic heterocycles. The second kappa shape index (κ2) is 6.25. The number of methoxy groups -OCH3 is 1. The molecule has 0 aliphatic rings. The summed E-state index contributed by atoms with van der Waals surface area (Å²) in [6.07, 6.45) is 0.878. The molecule has 1 unspecified atom stereocenters. The van der Waals surface area contributed by atoms with Crippen molar-refractivity contribution in [2.75, 3.05) is 20.7 Å². The Labute approximate surface area is 102 Å². The van der Waals surface area contributed by atoms with Gasteiger partial charge in [-0.15, -0.1) is 0 Å². The maximum Gasteiger partial charge on any atom is 0.312 e. The third-order valence-electron chi connectivity index (χ3n) is 2.78. The first-order valence-electron chi connectivity index (χ1n) is 5.68. The Morgan fingerprint density at radius 1 is 1.53 bits per heavy atom. The number of hydrogen-bond acceptors (Lipinski definition) is 3. The van der Waals surface area contributed by atoms with Gasteiger partial charge >= 0.3 is 5.97 Å². The molecular weight excluding hydrogens is 218 g/mol. The summed E-state index contributed by atoms with van der Waals surface area (Å²) in [5, 5.41) is 12.1. The first kappa shape index (κ1) is 13.5. The van der Waals surface area contributed by atoms with Crippen LogP contribution < -0.4 is 10.1 Å². The molecule has 0 radical (unpaired) electrons. The number of likely N-dealkylation sites (N-methyl/N-ethyl adjacent to an activating group) is 1. The van der Waals surface area contributed by atoms with Crippen molar-refractivity contribution < 1.29 is 14.6 Å². The Kier molecular flexibility index (Phi) is 4.97. The number of ether oxygens (including phenoxy) is 1. The molecule has 17 heavy (non-hydrogen) atoms. The van der Waals surface area contributed by atoms with Crippen LogP contribution in [0.5, 0.6) is 5.75 Å². The lowest BCUT2D eigenvalue weighted by Crippen LogP contribution is -2.24. The summed E-state index contributed by atoms with van der Waals surface area (Å²) in [6, 6.07) is 5.70. The van der Waals surface area contributed by atoms with E-state index in [4.69, 9.17) is 4.74 Å². The molecule has 1 rings (SSSR count). The van der Waals surface area contributed by atoms with Crippen LogP contribution in [0.15, 0.2) is 18.2 Å². The fraction of sp³-hybridized carbons (Fsp3) is 0.462. The van der Waals surface area contributed by atoms with Gasteiger partial charge in [-0.25, -0.2) is 0 Å². The summed E-state index contributed by atoms with van der Waals surface area (Å²) in [5.74, 6) is -0.794. The van der Waals surface area contributed by atoms with Gasteiger partial charge in [0.05, 0.1) is 13.0 Å². The van der Waals surface area contributed by atoms with Gasteiger partial charge in [-0.3, -0.25) is 4.79 Å².